The fourth-order valence-corrected chi connectivity index (χ4v) is 4.68. The van der Waals surface area contributed by atoms with Crippen LogP contribution in [0.15, 0.2) is 36.4 Å². The minimum Gasteiger partial charge on any atom is -0.465 e. The van der Waals surface area contributed by atoms with Gasteiger partial charge in [0, 0.05) is 17.8 Å². The third-order valence-electron chi connectivity index (χ3n) is 6.48. The molecule has 5 nitrogen and oxygen atoms in total. The van der Waals surface area contributed by atoms with E-state index in [0.29, 0.717) is 17.2 Å². The van der Waals surface area contributed by atoms with Crippen molar-refractivity contribution in [3.63, 3.8) is 0 Å². The van der Waals surface area contributed by atoms with Crippen LogP contribution in [0.2, 0.25) is 0 Å². The molecule has 3 rings (SSSR count). The standard InChI is InChI=1S/C27H31ClF3NO4/c1-16(2)32(25(33)19-8-5-17(3)6-9-19)23-11-10-20(14-21(23)26(34)35-4)36-24-12-7-18(15-28)13-22(24)27(29,30)31/h7,10-14,16-17,19H,5-6,8-9,15H2,1-4H3/t17-,19-. The number of hydrogen-bond acceptors (Lipinski definition) is 4. The number of carbonyl (C=O) groups is 2. The highest BCUT2D eigenvalue weighted by Crippen LogP contribution is 2.40. The van der Waals surface area contributed by atoms with Crippen LogP contribution in [0.1, 0.15) is 67.9 Å². The van der Waals surface area contributed by atoms with Crippen molar-refractivity contribution < 1.29 is 32.2 Å². The second-order valence-electron chi connectivity index (χ2n) is 9.49. The van der Waals surface area contributed by atoms with Gasteiger partial charge in [-0.15, -0.1) is 11.6 Å². The van der Waals surface area contributed by atoms with E-state index in [0.717, 1.165) is 31.7 Å². The first kappa shape index (κ1) is 27.8. The van der Waals surface area contributed by atoms with Gasteiger partial charge in [0.1, 0.15) is 11.5 Å². The summed E-state index contributed by atoms with van der Waals surface area (Å²) in [5.74, 6) is -0.877. The van der Waals surface area contributed by atoms with Gasteiger partial charge in [-0.05, 0) is 81.3 Å². The molecule has 36 heavy (non-hydrogen) atoms. The van der Waals surface area contributed by atoms with Crippen molar-refractivity contribution in [2.24, 2.45) is 11.8 Å². The molecule has 0 heterocycles. The van der Waals surface area contributed by atoms with Crippen LogP contribution in [0.5, 0.6) is 11.5 Å². The fraction of sp³-hybridized carbons (Fsp3) is 0.481. The Morgan fingerprint density at radius 2 is 1.75 bits per heavy atom. The van der Waals surface area contributed by atoms with Crippen LogP contribution in [-0.4, -0.2) is 25.0 Å². The summed E-state index contributed by atoms with van der Waals surface area (Å²) in [5, 5.41) is 0. The van der Waals surface area contributed by atoms with Crippen LogP contribution in [0.3, 0.4) is 0 Å². The molecule has 0 bridgehead atoms. The van der Waals surface area contributed by atoms with Crippen LogP contribution < -0.4 is 9.64 Å². The summed E-state index contributed by atoms with van der Waals surface area (Å²) in [7, 11) is 1.20. The van der Waals surface area contributed by atoms with Gasteiger partial charge < -0.3 is 14.4 Å². The highest BCUT2D eigenvalue weighted by Gasteiger charge is 2.36. The van der Waals surface area contributed by atoms with Crippen LogP contribution in [0.25, 0.3) is 0 Å². The van der Waals surface area contributed by atoms with E-state index >= 15 is 0 Å². The number of halogens is 4. The van der Waals surface area contributed by atoms with E-state index < -0.39 is 23.5 Å². The maximum atomic E-state index is 13.6. The number of benzene rings is 2. The second-order valence-corrected chi connectivity index (χ2v) is 9.76. The molecule has 1 amide bonds. The average Bonchev–Trinajstić information content (AvgIpc) is 2.84. The Balaban J connectivity index is 2.00. The van der Waals surface area contributed by atoms with Crippen molar-refractivity contribution in [1.29, 1.82) is 0 Å². The zero-order valence-corrected chi connectivity index (χ0v) is 21.6. The van der Waals surface area contributed by atoms with Gasteiger partial charge in [-0.2, -0.15) is 13.2 Å². The van der Waals surface area contributed by atoms with Gasteiger partial charge in [-0.25, -0.2) is 4.79 Å². The molecule has 2 aromatic rings. The molecule has 2 aromatic carbocycles. The molecular formula is C27H31ClF3NO4. The normalized spacial score (nSPS) is 18.1. The molecule has 9 heteroatoms. The zero-order chi connectivity index (χ0) is 26.6. The zero-order valence-electron chi connectivity index (χ0n) is 20.8. The van der Waals surface area contributed by atoms with Crippen molar-refractivity contribution in [2.45, 2.75) is 64.6 Å². The Hall–Kier alpha value is -2.74. The molecule has 0 unspecified atom stereocenters. The van der Waals surface area contributed by atoms with E-state index in [1.807, 2.05) is 13.8 Å². The van der Waals surface area contributed by atoms with E-state index in [-0.39, 0.29) is 35.1 Å². The van der Waals surface area contributed by atoms with Crippen LogP contribution in [0.4, 0.5) is 18.9 Å². The van der Waals surface area contributed by atoms with E-state index in [1.165, 1.54) is 37.4 Å². The lowest BCUT2D eigenvalue weighted by Crippen LogP contribution is -2.43. The molecule has 1 aliphatic rings. The Kier molecular flexibility index (Phi) is 8.93. The van der Waals surface area contributed by atoms with Crippen molar-refractivity contribution in [3.8, 4) is 11.5 Å². The molecule has 196 valence electrons. The first-order chi connectivity index (χ1) is 17.0. The summed E-state index contributed by atoms with van der Waals surface area (Å²) >= 11 is 5.70. The third kappa shape index (κ3) is 6.33. The Morgan fingerprint density at radius 3 is 2.31 bits per heavy atom. The predicted octanol–water partition coefficient (Wildman–Crippen LogP) is 7.59. The van der Waals surface area contributed by atoms with Gasteiger partial charge in [0.25, 0.3) is 0 Å². The predicted molar refractivity (Wildman–Crippen MR) is 133 cm³/mol. The lowest BCUT2D eigenvalue weighted by molar-refractivity contribution is -0.138. The van der Waals surface area contributed by atoms with E-state index in [9.17, 15) is 22.8 Å². The topological polar surface area (TPSA) is 55.8 Å². The SMILES string of the molecule is COC(=O)c1cc(Oc2ccc(CCl)cc2C(F)(F)F)ccc1N(C(=O)[C@H]1CC[C@H](C)CC1)C(C)C. The molecule has 0 radical (unpaired) electrons. The summed E-state index contributed by atoms with van der Waals surface area (Å²) in [4.78, 5) is 27.8. The number of nitrogens with zero attached hydrogens (tertiary/aromatic N) is 1. The number of ether oxygens (including phenoxy) is 2. The largest absolute Gasteiger partial charge is 0.465 e. The van der Waals surface area contributed by atoms with Crippen molar-refractivity contribution >= 4 is 29.2 Å². The number of amides is 1. The van der Waals surface area contributed by atoms with Gasteiger partial charge in [-0.1, -0.05) is 13.0 Å². The number of anilines is 1. The number of rotatable bonds is 7. The Bertz CT molecular complexity index is 1090. The summed E-state index contributed by atoms with van der Waals surface area (Å²) < 4.78 is 51.4. The van der Waals surface area contributed by atoms with E-state index in [4.69, 9.17) is 21.1 Å². The van der Waals surface area contributed by atoms with Gasteiger partial charge >= 0.3 is 12.1 Å². The van der Waals surface area contributed by atoms with Crippen molar-refractivity contribution in [2.75, 3.05) is 12.0 Å². The monoisotopic (exact) mass is 525 g/mol. The molecule has 0 atom stereocenters. The van der Waals surface area contributed by atoms with Crippen LogP contribution in [0, 0.1) is 11.8 Å². The van der Waals surface area contributed by atoms with Crippen LogP contribution in [-0.2, 0) is 21.6 Å². The summed E-state index contributed by atoms with van der Waals surface area (Å²) in [6.45, 7) is 5.87. The van der Waals surface area contributed by atoms with Crippen molar-refractivity contribution in [3.05, 3.63) is 53.1 Å². The Morgan fingerprint density at radius 1 is 1.08 bits per heavy atom. The van der Waals surface area contributed by atoms with Gasteiger partial charge in [-0.3, -0.25) is 4.79 Å². The van der Waals surface area contributed by atoms with Gasteiger partial charge in [0.2, 0.25) is 5.91 Å². The molecule has 0 aliphatic heterocycles. The first-order valence-electron chi connectivity index (χ1n) is 12.0. The molecule has 1 aliphatic carbocycles. The third-order valence-corrected chi connectivity index (χ3v) is 6.79. The van der Waals surface area contributed by atoms with E-state index in [2.05, 4.69) is 6.92 Å². The first-order valence-corrected chi connectivity index (χ1v) is 12.5. The van der Waals surface area contributed by atoms with Crippen LogP contribution >= 0.6 is 11.6 Å². The molecule has 0 spiro atoms. The maximum Gasteiger partial charge on any atom is 0.419 e. The minimum atomic E-state index is -4.67. The quantitative estimate of drug-likeness (QED) is 0.276. The summed E-state index contributed by atoms with van der Waals surface area (Å²) in [6.07, 6.45) is -1.19. The van der Waals surface area contributed by atoms with Crippen molar-refractivity contribution in [1.82, 2.24) is 0 Å². The number of carbonyl (C=O) groups excluding carboxylic acids is 2. The number of esters is 1. The van der Waals surface area contributed by atoms with E-state index in [1.54, 1.807) is 4.90 Å². The smallest absolute Gasteiger partial charge is 0.419 e. The summed E-state index contributed by atoms with van der Waals surface area (Å²) in [6, 6.07) is 7.59. The maximum absolute atomic E-state index is 13.6. The lowest BCUT2D eigenvalue weighted by atomic mass is 9.82. The second kappa shape index (κ2) is 11.5. The van der Waals surface area contributed by atoms with Gasteiger partial charge in [0.05, 0.1) is 23.9 Å². The lowest BCUT2D eigenvalue weighted by Gasteiger charge is -2.34. The fourth-order valence-electron chi connectivity index (χ4n) is 4.52. The molecule has 1 fully saturated rings. The highest BCUT2D eigenvalue weighted by molar-refractivity contribution is 6.17. The highest BCUT2D eigenvalue weighted by atomic mass is 35.5. The average molecular weight is 526 g/mol. The minimum absolute atomic E-state index is 0.00548. The number of alkyl halides is 4. The molecular weight excluding hydrogens is 495 g/mol. The number of methoxy groups -OCH3 is 1. The molecule has 0 N–H and O–H groups in total. The number of hydrogen-bond donors (Lipinski definition) is 0. The summed E-state index contributed by atoms with van der Waals surface area (Å²) in [5.41, 5.74) is -0.312. The molecule has 1 saturated carbocycles. The molecule has 0 saturated heterocycles. The molecule has 0 aromatic heterocycles. The Labute approximate surface area is 214 Å². The van der Waals surface area contributed by atoms with Gasteiger partial charge in [0.15, 0.2) is 0 Å².